The lowest BCUT2D eigenvalue weighted by atomic mass is 9.99. The van der Waals surface area contributed by atoms with Crippen LogP contribution in [0.4, 0.5) is 10.3 Å². The molecule has 2 rings (SSSR count). The molecule has 1 N–H and O–H groups in total. The Bertz CT molecular complexity index is 766. The molecule has 1 aromatic carbocycles. The summed E-state index contributed by atoms with van der Waals surface area (Å²) in [6, 6.07) is 5.63. The maximum Gasteiger partial charge on any atom is 0.226 e. The van der Waals surface area contributed by atoms with Crippen molar-refractivity contribution in [1.82, 2.24) is 9.97 Å². The fourth-order valence-corrected chi connectivity index (χ4v) is 2.70. The Morgan fingerprint density at radius 1 is 1.29 bits per heavy atom. The summed E-state index contributed by atoms with van der Waals surface area (Å²) in [5.41, 5.74) is 1.81. The van der Waals surface area contributed by atoms with E-state index in [1.165, 1.54) is 29.2 Å². The highest BCUT2D eigenvalue weighted by Crippen LogP contribution is 2.28. The summed E-state index contributed by atoms with van der Waals surface area (Å²) in [4.78, 5) is 21.7. The number of nitrogens with zero attached hydrogens (tertiary/aromatic N) is 3. The summed E-state index contributed by atoms with van der Waals surface area (Å²) >= 11 is -2.05. The molecule has 0 bridgehead atoms. The number of aldehydes is 1. The van der Waals surface area contributed by atoms with Gasteiger partial charge in [-0.25, -0.2) is 18.6 Å². The van der Waals surface area contributed by atoms with Gasteiger partial charge >= 0.3 is 0 Å². The van der Waals surface area contributed by atoms with Crippen LogP contribution in [0.5, 0.6) is 0 Å². The zero-order chi connectivity index (χ0) is 17.9. The topological polar surface area (TPSA) is 83.4 Å². The SMILES string of the molecule is CC(C)c1nc(N(C)CS(=O)O)nc(-c2ccc(F)cc2)c1C=O. The largest absolute Gasteiger partial charge is 0.330 e. The lowest BCUT2D eigenvalue weighted by Gasteiger charge is -2.19. The van der Waals surface area contributed by atoms with Crippen LogP contribution in [0.25, 0.3) is 11.3 Å². The molecule has 0 saturated heterocycles. The number of rotatable bonds is 6. The predicted octanol–water partition coefficient (Wildman–Crippen LogP) is 2.83. The first-order valence-electron chi connectivity index (χ1n) is 7.25. The maximum atomic E-state index is 13.2. The van der Waals surface area contributed by atoms with Crippen LogP contribution in [0.2, 0.25) is 0 Å². The van der Waals surface area contributed by atoms with Crippen LogP contribution in [0.3, 0.4) is 0 Å². The number of halogens is 1. The third kappa shape index (κ3) is 4.01. The first kappa shape index (κ1) is 18.2. The van der Waals surface area contributed by atoms with E-state index in [0.717, 1.165) is 0 Å². The standard InChI is InChI=1S/C16H18FN3O3S/c1-10(2)14-13(8-21)15(11-4-6-12(17)7-5-11)19-16(18-14)20(3)9-24(22)23/h4-8,10H,9H2,1-3H3,(H,22,23). The third-order valence-electron chi connectivity index (χ3n) is 3.39. The highest BCUT2D eigenvalue weighted by atomic mass is 32.2. The number of hydrogen-bond acceptors (Lipinski definition) is 5. The first-order chi connectivity index (χ1) is 11.3. The zero-order valence-electron chi connectivity index (χ0n) is 13.6. The van der Waals surface area contributed by atoms with Crippen molar-refractivity contribution in [3.8, 4) is 11.3 Å². The van der Waals surface area contributed by atoms with Gasteiger partial charge in [-0.3, -0.25) is 4.79 Å². The van der Waals surface area contributed by atoms with Gasteiger partial charge in [-0.2, -0.15) is 0 Å². The molecule has 128 valence electrons. The quantitative estimate of drug-likeness (QED) is 0.636. The minimum atomic E-state index is -2.05. The number of aromatic nitrogens is 2. The Morgan fingerprint density at radius 2 is 1.92 bits per heavy atom. The number of carbonyl (C=O) groups is 1. The average molecular weight is 351 g/mol. The summed E-state index contributed by atoms with van der Waals surface area (Å²) in [5, 5.41) is 0. The Kier molecular flexibility index (Phi) is 5.74. The van der Waals surface area contributed by atoms with Gasteiger partial charge in [0.2, 0.25) is 5.95 Å². The third-order valence-corrected chi connectivity index (χ3v) is 4.00. The number of carbonyl (C=O) groups excluding carboxylic acids is 1. The molecule has 8 heteroatoms. The summed E-state index contributed by atoms with van der Waals surface area (Å²) in [7, 11) is 1.59. The number of benzene rings is 1. The molecule has 0 aliphatic rings. The predicted molar refractivity (Wildman–Crippen MR) is 90.9 cm³/mol. The summed E-state index contributed by atoms with van der Waals surface area (Å²) in [5.74, 6) is -0.386. The van der Waals surface area contributed by atoms with Crippen molar-refractivity contribution in [1.29, 1.82) is 0 Å². The Hall–Kier alpha value is -2.19. The van der Waals surface area contributed by atoms with Gasteiger partial charge in [0.15, 0.2) is 17.4 Å². The van der Waals surface area contributed by atoms with Crippen molar-refractivity contribution in [3.63, 3.8) is 0 Å². The molecule has 0 aliphatic carbocycles. The van der Waals surface area contributed by atoms with E-state index in [1.807, 2.05) is 13.8 Å². The molecule has 0 aliphatic heterocycles. The minimum Gasteiger partial charge on any atom is -0.330 e. The molecule has 0 amide bonds. The Labute approximate surface area is 142 Å². The summed E-state index contributed by atoms with van der Waals surface area (Å²) < 4.78 is 33.3. The molecule has 0 radical (unpaired) electrons. The second-order valence-corrected chi connectivity index (χ2v) is 6.50. The van der Waals surface area contributed by atoms with Crippen molar-refractivity contribution >= 4 is 23.3 Å². The van der Waals surface area contributed by atoms with E-state index in [-0.39, 0.29) is 17.7 Å². The smallest absolute Gasteiger partial charge is 0.226 e. The van der Waals surface area contributed by atoms with E-state index in [2.05, 4.69) is 9.97 Å². The molecule has 0 spiro atoms. The van der Waals surface area contributed by atoms with Gasteiger partial charge < -0.3 is 9.45 Å². The maximum absolute atomic E-state index is 13.2. The molecule has 24 heavy (non-hydrogen) atoms. The van der Waals surface area contributed by atoms with Crippen molar-refractivity contribution in [3.05, 3.63) is 41.3 Å². The molecule has 0 fully saturated rings. The monoisotopic (exact) mass is 351 g/mol. The van der Waals surface area contributed by atoms with Crippen molar-refractivity contribution < 1.29 is 17.9 Å². The lowest BCUT2D eigenvalue weighted by molar-refractivity contribution is 0.112. The molecule has 0 saturated carbocycles. The van der Waals surface area contributed by atoms with Gasteiger partial charge in [0, 0.05) is 12.6 Å². The van der Waals surface area contributed by atoms with E-state index >= 15 is 0 Å². The molecule has 1 unspecified atom stereocenters. The van der Waals surface area contributed by atoms with Crippen LogP contribution >= 0.6 is 0 Å². The van der Waals surface area contributed by atoms with Gasteiger partial charge in [0.05, 0.1) is 17.0 Å². The summed E-state index contributed by atoms with van der Waals surface area (Å²) in [6.45, 7) is 3.77. The highest BCUT2D eigenvalue weighted by molar-refractivity contribution is 7.79. The minimum absolute atomic E-state index is 0.0563. The molecule has 1 aromatic heterocycles. The van der Waals surface area contributed by atoms with Gasteiger partial charge in [0.25, 0.3) is 0 Å². The van der Waals surface area contributed by atoms with E-state index in [0.29, 0.717) is 28.8 Å². The van der Waals surface area contributed by atoms with Crippen LogP contribution in [-0.2, 0) is 11.1 Å². The second kappa shape index (κ2) is 7.59. The van der Waals surface area contributed by atoms with Gasteiger partial charge in [0.1, 0.15) is 11.7 Å². The van der Waals surface area contributed by atoms with Crippen LogP contribution in [-0.4, -0.2) is 37.9 Å². The van der Waals surface area contributed by atoms with Crippen LogP contribution < -0.4 is 4.90 Å². The van der Waals surface area contributed by atoms with Gasteiger partial charge in [-0.05, 0) is 30.2 Å². The fourth-order valence-electron chi connectivity index (χ4n) is 2.25. The van der Waals surface area contributed by atoms with Crippen LogP contribution in [0.15, 0.2) is 24.3 Å². The Balaban J connectivity index is 2.66. The molecule has 1 atom stereocenters. The van der Waals surface area contributed by atoms with Crippen LogP contribution in [0.1, 0.15) is 35.8 Å². The van der Waals surface area contributed by atoms with Gasteiger partial charge in [-0.15, -0.1) is 0 Å². The highest BCUT2D eigenvalue weighted by Gasteiger charge is 2.20. The van der Waals surface area contributed by atoms with Crippen LogP contribution in [0, 0.1) is 5.82 Å². The van der Waals surface area contributed by atoms with Crippen molar-refractivity contribution in [2.45, 2.75) is 19.8 Å². The molecular formula is C16H18FN3O3S. The molecule has 6 nitrogen and oxygen atoms in total. The summed E-state index contributed by atoms with van der Waals surface area (Å²) in [6.07, 6.45) is 0.683. The lowest BCUT2D eigenvalue weighted by Crippen LogP contribution is -2.25. The normalized spacial score (nSPS) is 12.2. The van der Waals surface area contributed by atoms with E-state index < -0.39 is 16.9 Å². The molecule has 2 aromatic rings. The average Bonchev–Trinajstić information content (AvgIpc) is 2.53. The van der Waals surface area contributed by atoms with Crippen molar-refractivity contribution in [2.75, 3.05) is 17.8 Å². The van der Waals surface area contributed by atoms with E-state index in [4.69, 9.17) is 4.55 Å². The number of anilines is 1. The van der Waals surface area contributed by atoms with Crippen molar-refractivity contribution in [2.24, 2.45) is 0 Å². The fraction of sp³-hybridized carbons (Fsp3) is 0.312. The van der Waals surface area contributed by atoms with Gasteiger partial charge in [-0.1, -0.05) is 13.8 Å². The first-order valence-corrected chi connectivity index (χ1v) is 8.52. The van der Waals surface area contributed by atoms with E-state index in [1.54, 1.807) is 7.05 Å². The molecular weight excluding hydrogens is 333 g/mol. The van der Waals surface area contributed by atoms with E-state index in [9.17, 15) is 13.4 Å². The molecule has 1 heterocycles. The zero-order valence-corrected chi connectivity index (χ0v) is 14.4. The Morgan fingerprint density at radius 3 is 2.42 bits per heavy atom. The number of hydrogen-bond donors (Lipinski definition) is 1. The second-order valence-electron chi connectivity index (χ2n) is 5.60.